The second kappa shape index (κ2) is 7.02. The predicted octanol–water partition coefficient (Wildman–Crippen LogP) is 4.64. The largest absolute Gasteiger partial charge is 0.337 e. The molecule has 3 heterocycles. The highest BCUT2D eigenvalue weighted by Crippen LogP contribution is 2.31. The van der Waals surface area contributed by atoms with E-state index in [4.69, 9.17) is 4.98 Å². The quantitative estimate of drug-likeness (QED) is 0.519. The number of fused-ring (bicyclic) bond motifs is 1. The number of imidazole rings is 1. The summed E-state index contributed by atoms with van der Waals surface area (Å²) in [5.74, 6) is 1.06. The van der Waals surface area contributed by atoms with Gasteiger partial charge in [-0.05, 0) is 42.6 Å². The smallest absolute Gasteiger partial charge is 0.122 e. The van der Waals surface area contributed by atoms with E-state index >= 15 is 0 Å². The van der Waals surface area contributed by atoms with Crippen LogP contribution in [0.3, 0.4) is 0 Å². The molecule has 4 rings (SSSR count). The Morgan fingerprint density at radius 1 is 1.15 bits per heavy atom. The number of hydrogen-bond acceptors (Lipinski definition) is 4. The van der Waals surface area contributed by atoms with Gasteiger partial charge in [-0.1, -0.05) is 24.3 Å². The van der Waals surface area contributed by atoms with Gasteiger partial charge in [0.25, 0.3) is 0 Å². The van der Waals surface area contributed by atoms with Crippen LogP contribution in [0.5, 0.6) is 0 Å². The molecule has 5 heteroatoms. The molecule has 3 aromatic heterocycles. The van der Waals surface area contributed by atoms with Crippen LogP contribution >= 0.6 is 11.3 Å². The van der Waals surface area contributed by atoms with Crippen LogP contribution in [0.25, 0.3) is 21.5 Å². The maximum absolute atomic E-state index is 5.05. The minimum Gasteiger partial charge on any atom is -0.337 e. The number of nitrogens with zero attached hydrogens (tertiary/aromatic N) is 4. The molecule has 0 aliphatic rings. The number of thiophene rings is 1. The van der Waals surface area contributed by atoms with Crippen molar-refractivity contribution in [2.75, 3.05) is 7.05 Å². The highest BCUT2D eigenvalue weighted by atomic mass is 32.1. The van der Waals surface area contributed by atoms with Crippen LogP contribution in [0.15, 0.2) is 54.2 Å². The molecule has 0 bridgehead atoms. The maximum atomic E-state index is 5.05. The monoisotopic (exact) mass is 362 g/mol. The second-order valence-electron chi connectivity index (χ2n) is 6.75. The zero-order valence-corrected chi connectivity index (χ0v) is 16.1. The van der Waals surface area contributed by atoms with E-state index in [0.717, 1.165) is 30.1 Å². The van der Waals surface area contributed by atoms with E-state index in [1.54, 1.807) is 11.3 Å². The van der Waals surface area contributed by atoms with E-state index in [-0.39, 0.29) is 0 Å². The molecule has 4 nitrogen and oxygen atoms in total. The van der Waals surface area contributed by atoms with Crippen LogP contribution in [-0.4, -0.2) is 26.5 Å². The van der Waals surface area contributed by atoms with E-state index in [1.807, 2.05) is 19.4 Å². The van der Waals surface area contributed by atoms with E-state index in [0.29, 0.717) is 0 Å². The molecule has 0 N–H and O–H groups in total. The molecule has 1 aromatic carbocycles. The van der Waals surface area contributed by atoms with Crippen LogP contribution in [-0.2, 0) is 20.1 Å². The average Bonchev–Trinajstić information content (AvgIpc) is 3.27. The van der Waals surface area contributed by atoms with E-state index in [1.165, 1.54) is 21.4 Å². The number of rotatable bonds is 5. The molecule has 0 saturated heterocycles. The van der Waals surface area contributed by atoms with Crippen LogP contribution in [0.2, 0.25) is 0 Å². The third-order valence-electron chi connectivity index (χ3n) is 4.65. The van der Waals surface area contributed by atoms with Gasteiger partial charge in [0.1, 0.15) is 5.82 Å². The summed E-state index contributed by atoms with van der Waals surface area (Å²) in [5.41, 5.74) is 4.65. The molecule has 26 heavy (non-hydrogen) atoms. The Bertz CT molecular complexity index is 1030. The van der Waals surface area contributed by atoms with Crippen molar-refractivity contribution in [2.24, 2.45) is 7.05 Å². The molecule has 0 radical (unpaired) electrons. The third-order valence-corrected chi connectivity index (χ3v) is 5.53. The van der Waals surface area contributed by atoms with Crippen molar-refractivity contribution in [3.05, 3.63) is 71.1 Å². The van der Waals surface area contributed by atoms with Crippen molar-refractivity contribution in [3.63, 3.8) is 0 Å². The number of aromatic nitrogens is 3. The lowest BCUT2D eigenvalue weighted by atomic mass is 10.0. The van der Waals surface area contributed by atoms with E-state index in [2.05, 4.69) is 70.2 Å². The topological polar surface area (TPSA) is 34.0 Å². The minimum absolute atomic E-state index is 0.805. The zero-order chi connectivity index (χ0) is 18.1. The summed E-state index contributed by atoms with van der Waals surface area (Å²) in [7, 11) is 4.17. The van der Waals surface area contributed by atoms with Crippen LogP contribution < -0.4 is 0 Å². The molecule has 0 fully saturated rings. The van der Waals surface area contributed by atoms with Gasteiger partial charge in [-0.2, -0.15) is 0 Å². The lowest BCUT2D eigenvalue weighted by molar-refractivity contribution is 0.307. The van der Waals surface area contributed by atoms with Crippen molar-refractivity contribution in [1.82, 2.24) is 19.4 Å². The first-order valence-electron chi connectivity index (χ1n) is 8.69. The molecule has 0 atom stereocenters. The fourth-order valence-corrected chi connectivity index (χ4v) is 4.02. The van der Waals surface area contributed by atoms with Crippen molar-refractivity contribution >= 4 is 22.2 Å². The third kappa shape index (κ3) is 3.28. The molecule has 0 saturated carbocycles. The number of benzene rings is 1. The van der Waals surface area contributed by atoms with Gasteiger partial charge in [0.15, 0.2) is 0 Å². The Morgan fingerprint density at radius 2 is 2.04 bits per heavy atom. The van der Waals surface area contributed by atoms with Gasteiger partial charge in [0.05, 0.1) is 22.6 Å². The SMILES string of the molecule is Cc1cccc2cc(CN(C)Cc3nccn3C)c(-c3cccs3)nc12. The average molecular weight is 363 g/mol. The fraction of sp³-hybridized carbons (Fsp3) is 0.238. The fourth-order valence-electron chi connectivity index (χ4n) is 3.27. The summed E-state index contributed by atoms with van der Waals surface area (Å²) in [6.45, 7) is 3.76. The first-order valence-corrected chi connectivity index (χ1v) is 9.57. The summed E-state index contributed by atoms with van der Waals surface area (Å²) in [6.07, 6.45) is 3.83. The Morgan fingerprint density at radius 3 is 2.77 bits per heavy atom. The number of hydrogen-bond donors (Lipinski definition) is 0. The first kappa shape index (κ1) is 16.9. The zero-order valence-electron chi connectivity index (χ0n) is 15.3. The van der Waals surface area contributed by atoms with Gasteiger partial charge in [0, 0.05) is 31.4 Å². The predicted molar refractivity (Wildman–Crippen MR) is 108 cm³/mol. The second-order valence-corrected chi connectivity index (χ2v) is 7.69. The molecular weight excluding hydrogens is 340 g/mol. The molecule has 4 aromatic rings. The van der Waals surface area contributed by atoms with Crippen molar-refractivity contribution in [2.45, 2.75) is 20.0 Å². The van der Waals surface area contributed by atoms with Crippen molar-refractivity contribution in [1.29, 1.82) is 0 Å². The molecule has 0 spiro atoms. The lowest BCUT2D eigenvalue weighted by Gasteiger charge is -2.19. The highest BCUT2D eigenvalue weighted by molar-refractivity contribution is 7.13. The standard InChI is InChI=1S/C21H22N4S/c1-15-6-4-7-16-12-17(13-24(2)14-19-22-9-10-25(19)3)21(23-20(15)16)18-8-5-11-26-18/h4-12H,13-14H2,1-3H3. The van der Waals surface area contributed by atoms with Crippen LogP contribution in [0.1, 0.15) is 17.0 Å². The lowest BCUT2D eigenvalue weighted by Crippen LogP contribution is -2.20. The van der Waals surface area contributed by atoms with Crippen LogP contribution in [0.4, 0.5) is 0 Å². The molecule has 0 amide bonds. The summed E-state index contributed by atoms with van der Waals surface area (Å²) >= 11 is 1.74. The van der Waals surface area contributed by atoms with Crippen molar-refractivity contribution in [3.8, 4) is 10.6 Å². The molecule has 0 aliphatic heterocycles. The molecule has 0 aliphatic carbocycles. The molecule has 0 unspecified atom stereocenters. The summed E-state index contributed by atoms with van der Waals surface area (Å²) in [4.78, 5) is 13.0. The molecular formula is C21H22N4S. The Kier molecular flexibility index (Phi) is 4.57. The Labute approximate surface area is 157 Å². The van der Waals surface area contributed by atoms with Gasteiger partial charge in [-0.15, -0.1) is 11.3 Å². The number of para-hydroxylation sites is 1. The van der Waals surface area contributed by atoms with Gasteiger partial charge < -0.3 is 4.57 Å². The Hall–Kier alpha value is -2.50. The minimum atomic E-state index is 0.805. The van der Waals surface area contributed by atoms with Gasteiger partial charge in [-0.3, -0.25) is 4.90 Å². The first-order chi connectivity index (χ1) is 12.6. The number of aryl methyl sites for hydroxylation is 2. The number of pyridine rings is 1. The summed E-state index contributed by atoms with van der Waals surface area (Å²) in [5, 5.41) is 3.31. The highest BCUT2D eigenvalue weighted by Gasteiger charge is 2.14. The van der Waals surface area contributed by atoms with Crippen molar-refractivity contribution < 1.29 is 0 Å². The summed E-state index contributed by atoms with van der Waals surface area (Å²) < 4.78 is 2.07. The van der Waals surface area contributed by atoms with Gasteiger partial charge >= 0.3 is 0 Å². The van der Waals surface area contributed by atoms with Gasteiger partial charge in [0.2, 0.25) is 0 Å². The van der Waals surface area contributed by atoms with Gasteiger partial charge in [-0.25, -0.2) is 9.97 Å². The molecule has 132 valence electrons. The normalized spacial score (nSPS) is 11.5. The van der Waals surface area contributed by atoms with E-state index < -0.39 is 0 Å². The maximum Gasteiger partial charge on any atom is 0.122 e. The Balaban J connectivity index is 1.73. The van der Waals surface area contributed by atoms with E-state index in [9.17, 15) is 0 Å². The van der Waals surface area contributed by atoms with Crippen LogP contribution in [0, 0.1) is 6.92 Å². The summed E-state index contributed by atoms with van der Waals surface area (Å²) in [6, 6.07) is 12.9.